The molecule has 0 spiro atoms. The number of nitrogens with one attached hydrogen (secondary N) is 3. The largest absolute Gasteiger partial charge is 0.385 e. The fourth-order valence-electron chi connectivity index (χ4n) is 5.08. The van der Waals surface area contributed by atoms with Crippen molar-refractivity contribution < 1.29 is 22.7 Å². The van der Waals surface area contributed by atoms with Gasteiger partial charge in [-0.3, -0.25) is 19.4 Å². The average molecular weight is 542 g/mol. The Balaban J connectivity index is 1.37. The summed E-state index contributed by atoms with van der Waals surface area (Å²) in [6.07, 6.45) is 2.44. The minimum Gasteiger partial charge on any atom is -0.385 e. The number of hydrogen-bond donors (Lipinski definition) is 3. The number of aromatic nitrogens is 2. The Morgan fingerprint density at radius 3 is 2.76 bits per heavy atom. The molecule has 38 heavy (non-hydrogen) atoms. The predicted octanol–water partition coefficient (Wildman–Crippen LogP) is 1.25. The highest BCUT2D eigenvalue weighted by Crippen LogP contribution is 2.41. The first-order valence-corrected chi connectivity index (χ1v) is 13.7. The van der Waals surface area contributed by atoms with Gasteiger partial charge >= 0.3 is 5.69 Å². The first-order valence-electron chi connectivity index (χ1n) is 12.2. The molecule has 2 aliphatic heterocycles. The third-order valence-electron chi connectivity index (χ3n) is 6.93. The Hall–Kier alpha value is -3.81. The summed E-state index contributed by atoms with van der Waals surface area (Å²) >= 11 is 0. The first-order chi connectivity index (χ1) is 18.2. The van der Waals surface area contributed by atoms with Crippen molar-refractivity contribution in [3.63, 3.8) is 0 Å². The number of ether oxygens (including phenoxy) is 1. The number of sulfonamides is 1. The molecule has 1 atom stereocenters. The van der Waals surface area contributed by atoms with Crippen LogP contribution in [0.4, 0.5) is 11.4 Å². The molecule has 13 heteroatoms. The number of nitrogens with zero attached hydrogens (tertiary/aromatic N) is 2. The molecule has 2 aliphatic rings. The van der Waals surface area contributed by atoms with Gasteiger partial charge in [0, 0.05) is 61.6 Å². The summed E-state index contributed by atoms with van der Waals surface area (Å²) in [6, 6.07) is 8.92. The van der Waals surface area contributed by atoms with Crippen molar-refractivity contribution in [2.24, 2.45) is 5.92 Å². The molecule has 0 radical (unpaired) electrons. The van der Waals surface area contributed by atoms with Gasteiger partial charge in [0.15, 0.2) is 4.90 Å². The minimum atomic E-state index is -4.22. The van der Waals surface area contributed by atoms with Gasteiger partial charge < -0.3 is 19.9 Å². The van der Waals surface area contributed by atoms with Crippen LogP contribution >= 0.6 is 0 Å². The minimum absolute atomic E-state index is 0.101. The number of amides is 2. The van der Waals surface area contributed by atoms with Gasteiger partial charge in [-0.15, -0.1) is 0 Å². The molecule has 1 fully saturated rings. The van der Waals surface area contributed by atoms with Crippen LogP contribution in [0.3, 0.4) is 0 Å². The van der Waals surface area contributed by atoms with Crippen LogP contribution in [0.5, 0.6) is 0 Å². The second-order valence-corrected chi connectivity index (χ2v) is 11.2. The number of benzene rings is 2. The lowest BCUT2D eigenvalue weighted by Crippen LogP contribution is -2.45. The number of piperidine rings is 1. The topological polar surface area (TPSA) is 162 Å². The number of hydrogen-bond acceptors (Lipinski definition) is 7. The van der Waals surface area contributed by atoms with Crippen LogP contribution in [0.1, 0.15) is 29.6 Å². The van der Waals surface area contributed by atoms with Crippen molar-refractivity contribution in [2.75, 3.05) is 43.6 Å². The molecule has 200 valence electrons. The van der Waals surface area contributed by atoms with E-state index >= 15 is 0 Å². The summed E-state index contributed by atoms with van der Waals surface area (Å²) < 4.78 is 32.3. The summed E-state index contributed by atoms with van der Waals surface area (Å²) in [5.74, 6) is -1.12. The van der Waals surface area contributed by atoms with Crippen molar-refractivity contribution in [3.8, 4) is 0 Å². The van der Waals surface area contributed by atoms with E-state index in [-0.39, 0.29) is 24.9 Å². The van der Waals surface area contributed by atoms with Crippen molar-refractivity contribution in [3.05, 3.63) is 62.9 Å². The van der Waals surface area contributed by atoms with Crippen molar-refractivity contribution in [2.45, 2.75) is 24.2 Å². The maximum Gasteiger partial charge on any atom is 0.325 e. The number of aromatic amines is 2. The molecule has 5 rings (SSSR count). The van der Waals surface area contributed by atoms with Crippen LogP contribution in [-0.4, -0.2) is 67.9 Å². The summed E-state index contributed by atoms with van der Waals surface area (Å²) in [6.45, 7) is 1.07. The normalized spacial score (nSPS) is 17.8. The summed E-state index contributed by atoms with van der Waals surface area (Å²) in [7, 11) is -2.61. The summed E-state index contributed by atoms with van der Waals surface area (Å²) in [5, 5.41) is 4.40. The molecular weight excluding hydrogens is 514 g/mol. The molecule has 2 aromatic carbocycles. The standard InChI is InChI=1S/C25H27N5O7S/c1-37-12-4-11-30-19-9-8-18(16-6-2-7-17(21(16)19)24(30)33)27-22(31)15-5-3-10-29(14-15)38(35,36)20-13-26-25(34)28-23(20)32/h2,6-9,13,15H,3-5,10-12,14H2,1H3,(H,27,31)(H2,26,28,32,34). The molecule has 2 amide bonds. The van der Waals surface area contributed by atoms with Gasteiger partial charge in [0.25, 0.3) is 11.5 Å². The Bertz CT molecular complexity index is 1650. The van der Waals surface area contributed by atoms with Gasteiger partial charge in [0.2, 0.25) is 15.9 Å². The van der Waals surface area contributed by atoms with Crippen LogP contribution in [0, 0.1) is 5.92 Å². The lowest BCUT2D eigenvalue weighted by atomic mass is 9.98. The lowest BCUT2D eigenvalue weighted by molar-refractivity contribution is -0.120. The highest BCUT2D eigenvalue weighted by molar-refractivity contribution is 7.89. The highest BCUT2D eigenvalue weighted by atomic mass is 32.2. The van der Waals surface area contributed by atoms with Crippen molar-refractivity contribution in [1.82, 2.24) is 14.3 Å². The molecular formula is C25H27N5O7S. The quantitative estimate of drug-likeness (QED) is 0.362. The Morgan fingerprint density at radius 2 is 2.00 bits per heavy atom. The van der Waals surface area contributed by atoms with Gasteiger partial charge in [-0.05, 0) is 37.5 Å². The second-order valence-electron chi connectivity index (χ2n) is 9.29. The Labute approximate surface area is 217 Å². The highest BCUT2D eigenvalue weighted by Gasteiger charge is 2.35. The fraction of sp³-hybridized carbons (Fsp3) is 0.360. The summed E-state index contributed by atoms with van der Waals surface area (Å²) in [5.41, 5.74) is 0.0380. The van der Waals surface area contributed by atoms with E-state index in [1.165, 1.54) is 0 Å². The van der Waals surface area contributed by atoms with E-state index in [0.29, 0.717) is 43.7 Å². The van der Waals surface area contributed by atoms with E-state index in [1.807, 2.05) is 11.1 Å². The maximum atomic E-state index is 13.3. The average Bonchev–Trinajstić information content (AvgIpc) is 3.17. The molecule has 12 nitrogen and oxygen atoms in total. The van der Waals surface area contributed by atoms with E-state index in [4.69, 9.17) is 4.74 Å². The number of carbonyl (C=O) groups is 2. The Morgan fingerprint density at radius 1 is 1.18 bits per heavy atom. The Kier molecular flexibility index (Phi) is 6.90. The monoisotopic (exact) mass is 541 g/mol. The van der Waals surface area contributed by atoms with Crippen LogP contribution in [0.15, 0.2) is 51.0 Å². The molecule has 1 unspecified atom stereocenters. The van der Waals surface area contributed by atoms with Gasteiger partial charge in [-0.2, -0.15) is 4.31 Å². The second kappa shape index (κ2) is 10.2. The first kappa shape index (κ1) is 25.8. The van der Waals surface area contributed by atoms with E-state index in [9.17, 15) is 27.6 Å². The smallest absolute Gasteiger partial charge is 0.325 e. The molecule has 3 N–H and O–H groups in total. The molecule has 0 bridgehead atoms. The molecule has 0 aliphatic carbocycles. The van der Waals surface area contributed by atoms with Gasteiger partial charge in [0.05, 0.1) is 11.6 Å². The van der Waals surface area contributed by atoms with Crippen LogP contribution in [-0.2, 0) is 19.6 Å². The number of H-pyrrole nitrogens is 2. The van der Waals surface area contributed by atoms with Gasteiger partial charge in [-0.25, -0.2) is 13.2 Å². The molecule has 1 saturated heterocycles. The number of rotatable bonds is 8. The molecule has 3 heterocycles. The third kappa shape index (κ3) is 4.52. The number of anilines is 2. The molecule has 0 saturated carbocycles. The molecule has 1 aromatic heterocycles. The lowest BCUT2D eigenvalue weighted by Gasteiger charge is -2.31. The van der Waals surface area contributed by atoms with Gasteiger partial charge in [-0.1, -0.05) is 12.1 Å². The van der Waals surface area contributed by atoms with Crippen LogP contribution in [0.2, 0.25) is 0 Å². The zero-order valence-corrected chi connectivity index (χ0v) is 21.5. The summed E-state index contributed by atoms with van der Waals surface area (Å²) in [4.78, 5) is 54.9. The van der Waals surface area contributed by atoms with Gasteiger partial charge in [0.1, 0.15) is 0 Å². The van der Waals surface area contributed by atoms with Crippen LogP contribution in [0.25, 0.3) is 10.8 Å². The maximum absolute atomic E-state index is 13.3. The van der Waals surface area contributed by atoms with E-state index < -0.39 is 32.1 Å². The fourth-order valence-corrected chi connectivity index (χ4v) is 6.60. The zero-order chi connectivity index (χ0) is 27.0. The molecule has 3 aromatic rings. The SMILES string of the molecule is COCCCN1C(=O)c2cccc3c(NC(=O)C4CCCN(S(=O)(=O)c5c[nH]c(=O)[nH]c5=O)C4)ccc1c23. The van der Waals surface area contributed by atoms with Crippen molar-refractivity contribution >= 4 is 44.0 Å². The van der Waals surface area contributed by atoms with E-state index in [1.54, 1.807) is 36.3 Å². The third-order valence-corrected chi connectivity index (χ3v) is 8.80. The van der Waals surface area contributed by atoms with Crippen molar-refractivity contribution in [1.29, 1.82) is 0 Å². The van der Waals surface area contributed by atoms with E-state index in [0.717, 1.165) is 27.0 Å². The van der Waals surface area contributed by atoms with Crippen LogP contribution < -0.4 is 21.5 Å². The zero-order valence-electron chi connectivity index (χ0n) is 20.7. The van der Waals surface area contributed by atoms with E-state index in [2.05, 4.69) is 10.3 Å². The number of carbonyl (C=O) groups excluding carboxylic acids is 2. The predicted molar refractivity (Wildman–Crippen MR) is 140 cm³/mol. The number of methoxy groups -OCH3 is 1.